The summed E-state index contributed by atoms with van der Waals surface area (Å²) in [6.07, 6.45) is 6.99. The van der Waals surface area contributed by atoms with Crippen LogP contribution in [0.3, 0.4) is 0 Å². The maximum Gasteiger partial charge on any atom is 0.228 e. The average Bonchev–Trinajstić information content (AvgIpc) is 3.40. The van der Waals surface area contributed by atoms with Gasteiger partial charge in [-0.05, 0) is 61.7 Å². The van der Waals surface area contributed by atoms with Crippen molar-refractivity contribution >= 4 is 45.7 Å². The topological polar surface area (TPSA) is 73.0 Å². The van der Waals surface area contributed by atoms with E-state index < -0.39 is 0 Å². The first kappa shape index (κ1) is 17.0. The molecule has 2 aliphatic rings. The van der Waals surface area contributed by atoms with E-state index in [-0.39, 0.29) is 11.8 Å². The van der Waals surface area contributed by atoms with Gasteiger partial charge in [-0.2, -0.15) is 0 Å². The average molecular weight is 369 g/mol. The third-order valence-electron chi connectivity index (χ3n) is 4.90. The highest BCUT2D eigenvalue weighted by molar-refractivity contribution is 7.80. The zero-order valence-electron chi connectivity index (χ0n) is 14.8. The van der Waals surface area contributed by atoms with E-state index in [1.807, 2.05) is 18.3 Å². The molecular formula is C19H23N5OS. The van der Waals surface area contributed by atoms with E-state index in [1.165, 1.54) is 5.57 Å². The van der Waals surface area contributed by atoms with E-state index in [0.29, 0.717) is 5.82 Å². The molecule has 2 aromatic heterocycles. The number of hydrogen-bond acceptors (Lipinski definition) is 3. The van der Waals surface area contributed by atoms with Gasteiger partial charge in [-0.25, -0.2) is 4.98 Å². The molecule has 0 radical (unpaired) electrons. The highest BCUT2D eigenvalue weighted by Crippen LogP contribution is 2.33. The first-order valence-electron chi connectivity index (χ1n) is 9.17. The summed E-state index contributed by atoms with van der Waals surface area (Å²) in [5.74, 6) is 0.863. The monoisotopic (exact) mass is 369 g/mol. The second kappa shape index (κ2) is 7.07. The molecule has 26 heavy (non-hydrogen) atoms. The van der Waals surface area contributed by atoms with Gasteiger partial charge in [0.05, 0.1) is 0 Å². The molecule has 136 valence electrons. The largest absolute Gasteiger partial charge is 0.363 e. The quantitative estimate of drug-likeness (QED) is 0.723. The summed E-state index contributed by atoms with van der Waals surface area (Å²) < 4.78 is 0. The molecular weight excluding hydrogens is 346 g/mol. The van der Waals surface area contributed by atoms with Crippen LogP contribution >= 0.6 is 12.2 Å². The van der Waals surface area contributed by atoms with Crippen molar-refractivity contribution in [1.29, 1.82) is 0 Å². The molecule has 3 N–H and O–H groups in total. The van der Waals surface area contributed by atoms with Crippen LogP contribution in [0, 0.1) is 5.92 Å². The van der Waals surface area contributed by atoms with Crippen molar-refractivity contribution in [2.24, 2.45) is 5.92 Å². The molecule has 1 fully saturated rings. The Labute approximate surface area is 158 Å². The number of aromatic nitrogens is 2. The number of H-pyrrole nitrogens is 1. The summed E-state index contributed by atoms with van der Waals surface area (Å²) in [6.45, 7) is 4.56. The fourth-order valence-electron chi connectivity index (χ4n) is 3.30. The molecule has 0 bridgehead atoms. The van der Waals surface area contributed by atoms with E-state index in [4.69, 9.17) is 12.2 Å². The van der Waals surface area contributed by atoms with Crippen LogP contribution in [0.2, 0.25) is 0 Å². The molecule has 0 saturated heterocycles. The zero-order valence-corrected chi connectivity index (χ0v) is 15.7. The molecule has 1 aliphatic heterocycles. The third-order valence-corrected chi connectivity index (χ3v) is 5.30. The summed E-state index contributed by atoms with van der Waals surface area (Å²) in [6, 6.07) is 4.04. The maximum absolute atomic E-state index is 12.1. The molecule has 7 heteroatoms. The highest BCUT2D eigenvalue weighted by atomic mass is 32.1. The van der Waals surface area contributed by atoms with Gasteiger partial charge in [0.25, 0.3) is 0 Å². The number of pyridine rings is 1. The van der Waals surface area contributed by atoms with Crippen LogP contribution in [0.25, 0.3) is 16.6 Å². The summed E-state index contributed by atoms with van der Waals surface area (Å²) in [7, 11) is 0. The minimum atomic E-state index is 0.0779. The van der Waals surface area contributed by atoms with Gasteiger partial charge in [-0.15, -0.1) is 0 Å². The number of hydrogen-bond donors (Lipinski definition) is 3. The smallest absolute Gasteiger partial charge is 0.228 e. The minimum Gasteiger partial charge on any atom is -0.363 e. The van der Waals surface area contributed by atoms with E-state index in [2.05, 4.69) is 38.5 Å². The molecule has 0 atom stereocenters. The third kappa shape index (κ3) is 3.44. The summed E-state index contributed by atoms with van der Waals surface area (Å²) in [5.41, 5.74) is 3.21. The minimum absolute atomic E-state index is 0.0779. The predicted molar refractivity (Wildman–Crippen MR) is 108 cm³/mol. The Morgan fingerprint density at radius 1 is 1.46 bits per heavy atom. The Kier molecular flexibility index (Phi) is 4.63. The van der Waals surface area contributed by atoms with Crippen molar-refractivity contribution in [3.63, 3.8) is 0 Å². The molecule has 3 heterocycles. The van der Waals surface area contributed by atoms with Crippen molar-refractivity contribution in [1.82, 2.24) is 20.2 Å². The normalized spacial score (nSPS) is 17.1. The molecule has 4 rings (SSSR count). The van der Waals surface area contributed by atoms with Crippen molar-refractivity contribution in [2.45, 2.75) is 26.2 Å². The van der Waals surface area contributed by atoms with Crippen LogP contribution in [-0.2, 0) is 4.79 Å². The van der Waals surface area contributed by atoms with Crippen LogP contribution in [0.15, 0.2) is 24.4 Å². The number of aromatic amines is 1. The van der Waals surface area contributed by atoms with Crippen molar-refractivity contribution in [2.75, 3.05) is 25.0 Å². The maximum atomic E-state index is 12.1. The Morgan fingerprint density at radius 2 is 2.31 bits per heavy atom. The van der Waals surface area contributed by atoms with E-state index in [0.717, 1.165) is 60.6 Å². The highest BCUT2D eigenvalue weighted by Gasteiger charge is 2.30. The molecule has 0 aromatic carbocycles. The second-order valence-electron chi connectivity index (χ2n) is 6.82. The molecule has 6 nitrogen and oxygen atoms in total. The number of rotatable bonds is 4. The molecule has 0 unspecified atom stereocenters. The van der Waals surface area contributed by atoms with Gasteiger partial charge in [-0.3, -0.25) is 4.79 Å². The van der Waals surface area contributed by atoms with E-state index in [1.54, 1.807) is 0 Å². The molecule has 1 saturated carbocycles. The van der Waals surface area contributed by atoms with Crippen LogP contribution in [0.4, 0.5) is 5.82 Å². The number of anilines is 1. The lowest BCUT2D eigenvalue weighted by Crippen LogP contribution is -2.41. The zero-order chi connectivity index (χ0) is 18.1. The van der Waals surface area contributed by atoms with Crippen LogP contribution in [0.5, 0.6) is 0 Å². The summed E-state index contributed by atoms with van der Waals surface area (Å²) >= 11 is 5.41. The van der Waals surface area contributed by atoms with Gasteiger partial charge in [0.1, 0.15) is 11.5 Å². The SMILES string of the molecule is CCNC(=S)N1CC=C(c2cc(NC(=O)C3CC3)nc3[nH]ccc23)CC1. The summed E-state index contributed by atoms with van der Waals surface area (Å²) in [4.78, 5) is 22.0. The van der Waals surface area contributed by atoms with Crippen molar-refractivity contribution < 1.29 is 4.79 Å². The number of fused-ring (bicyclic) bond motifs is 1. The Bertz CT molecular complexity index is 883. The van der Waals surface area contributed by atoms with E-state index in [9.17, 15) is 4.79 Å². The lowest BCUT2D eigenvalue weighted by molar-refractivity contribution is -0.117. The molecule has 0 spiro atoms. The van der Waals surface area contributed by atoms with Gasteiger partial charge >= 0.3 is 0 Å². The first-order chi connectivity index (χ1) is 12.7. The lowest BCUT2D eigenvalue weighted by Gasteiger charge is -2.29. The van der Waals surface area contributed by atoms with Crippen molar-refractivity contribution in [3.8, 4) is 0 Å². The number of carbonyl (C=O) groups excluding carboxylic acids is 1. The van der Waals surface area contributed by atoms with Gasteiger partial charge in [0.15, 0.2) is 5.11 Å². The second-order valence-corrected chi connectivity index (χ2v) is 7.21. The Balaban J connectivity index is 1.60. The van der Waals surface area contributed by atoms with Crippen LogP contribution < -0.4 is 10.6 Å². The van der Waals surface area contributed by atoms with E-state index >= 15 is 0 Å². The molecule has 1 amide bonds. The van der Waals surface area contributed by atoms with Crippen LogP contribution in [0.1, 0.15) is 31.7 Å². The van der Waals surface area contributed by atoms with Gasteiger partial charge in [0.2, 0.25) is 5.91 Å². The Morgan fingerprint density at radius 3 is 3.00 bits per heavy atom. The van der Waals surface area contributed by atoms with Gasteiger partial charge in [-0.1, -0.05) is 6.08 Å². The predicted octanol–water partition coefficient (Wildman–Crippen LogP) is 2.89. The van der Waals surface area contributed by atoms with Gasteiger partial charge in [0, 0.05) is 37.1 Å². The number of amides is 1. The fraction of sp³-hybridized carbons (Fsp3) is 0.421. The lowest BCUT2D eigenvalue weighted by atomic mass is 9.97. The Hall–Kier alpha value is -2.41. The standard InChI is InChI=1S/C19H23N5OS/c1-2-20-19(26)24-9-6-12(7-10-24)15-11-16(23-18(25)13-3-4-13)22-17-14(15)5-8-21-17/h5-6,8,11,13H,2-4,7,9-10H2,1H3,(H,20,26)(H2,21,22,23,25). The van der Waals surface area contributed by atoms with Crippen molar-refractivity contribution in [3.05, 3.63) is 30.0 Å². The molecule has 2 aromatic rings. The number of thiocarbonyl (C=S) groups is 1. The van der Waals surface area contributed by atoms with Gasteiger partial charge < -0.3 is 20.5 Å². The summed E-state index contributed by atoms with van der Waals surface area (Å²) in [5, 5.41) is 8.07. The fourth-order valence-corrected chi connectivity index (χ4v) is 3.61. The van der Waals surface area contributed by atoms with Crippen LogP contribution in [-0.4, -0.2) is 45.5 Å². The number of carbonyl (C=O) groups is 1. The molecule has 1 aliphatic carbocycles. The number of nitrogens with zero attached hydrogens (tertiary/aromatic N) is 2. The number of nitrogens with one attached hydrogen (secondary N) is 3. The first-order valence-corrected chi connectivity index (χ1v) is 9.57.